The molecule has 3 N–H and O–H groups in total. The van der Waals surface area contributed by atoms with Gasteiger partial charge in [-0.05, 0) is 6.07 Å². The smallest absolute Gasteiger partial charge is 0.397 e. The molecule has 0 unspecified atom stereocenters. The molecule has 0 aliphatic rings. The van der Waals surface area contributed by atoms with Crippen LogP contribution in [0.1, 0.15) is 23.4 Å². The Kier molecular flexibility index (Phi) is 3.32. The van der Waals surface area contributed by atoms with Gasteiger partial charge in [0.1, 0.15) is 5.69 Å². The zero-order valence-corrected chi connectivity index (χ0v) is 7.72. The Morgan fingerprint density at radius 2 is 1.94 bits per heavy atom. The molecule has 8 heteroatoms. The Labute approximate surface area is 86.7 Å². The Hall–Kier alpha value is -1.44. The molecule has 0 amide bonds. The van der Waals surface area contributed by atoms with Crippen LogP contribution in [0.15, 0.2) is 6.07 Å². The molecule has 0 atom stereocenters. The van der Waals surface area contributed by atoms with Gasteiger partial charge < -0.3 is 10.8 Å². The van der Waals surface area contributed by atoms with Crippen molar-refractivity contribution in [2.45, 2.75) is 19.2 Å². The lowest BCUT2D eigenvalue weighted by Gasteiger charge is -2.13. The quantitative estimate of drug-likeness (QED) is 0.781. The summed E-state index contributed by atoms with van der Waals surface area (Å²) in [6, 6.07) is 0.347. The van der Waals surface area contributed by atoms with Gasteiger partial charge in [0.2, 0.25) is 0 Å². The third-order valence-electron chi connectivity index (χ3n) is 1.82. The van der Waals surface area contributed by atoms with Gasteiger partial charge in [-0.2, -0.15) is 13.2 Å². The highest BCUT2D eigenvalue weighted by Crippen LogP contribution is 2.35. The van der Waals surface area contributed by atoms with E-state index in [1.54, 1.807) is 0 Å². The number of halogens is 5. The van der Waals surface area contributed by atoms with Crippen LogP contribution in [0.3, 0.4) is 0 Å². The van der Waals surface area contributed by atoms with Gasteiger partial charge in [-0.1, -0.05) is 0 Å². The molecule has 0 fully saturated rings. The highest BCUT2D eigenvalue weighted by molar-refractivity contribution is 5.48. The van der Waals surface area contributed by atoms with Gasteiger partial charge in [0.15, 0.2) is 0 Å². The topological polar surface area (TPSA) is 59.1 Å². The summed E-state index contributed by atoms with van der Waals surface area (Å²) in [6.45, 7) is -1.09. The van der Waals surface area contributed by atoms with E-state index in [4.69, 9.17) is 10.8 Å². The minimum Gasteiger partial charge on any atom is -0.397 e. The summed E-state index contributed by atoms with van der Waals surface area (Å²) in [5.74, 6) is 0. The monoisotopic (exact) mass is 242 g/mol. The van der Waals surface area contributed by atoms with Crippen molar-refractivity contribution in [3.05, 3.63) is 23.0 Å². The second kappa shape index (κ2) is 4.20. The molecule has 1 aromatic rings. The molecule has 90 valence electrons. The zero-order valence-electron chi connectivity index (χ0n) is 7.72. The number of anilines is 1. The Morgan fingerprint density at radius 3 is 2.31 bits per heavy atom. The molecular formula is C8H7F5N2O. The Morgan fingerprint density at radius 1 is 1.38 bits per heavy atom. The molecule has 1 rings (SSSR count). The van der Waals surface area contributed by atoms with E-state index < -0.39 is 41.8 Å². The molecule has 0 spiro atoms. The molecule has 0 aliphatic carbocycles. The lowest BCUT2D eigenvalue weighted by Crippen LogP contribution is -2.14. The predicted molar refractivity (Wildman–Crippen MR) is 44.5 cm³/mol. The van der Waals surface area contributed by atoms with Crippen LogP contribution in [0.2, 0.25) is 0 Å². The van der Waals surface area contributed by atoms with E-state index in [1.165, 1.54) is 0 Å². The van der Waals surface area contributed by atoms with Gasteiger partial charge in [-0.25, -0.2) is 13.8 Å². The van der Waals surface area contributed by atoms with Gasteiger partial charge >= 0.3 is 6.18 Å². The summed E-state index contributed by atoms with van der Waals surface area (Å²) in [5.41, 5.74) is 1.13. The van der Waals surface area contributed by atoms with E-state index in [9.17, 15) is 22.0 Å². The Balaban J connectivity index is 3.38. The van der Waals surface area contributed by atoms with Crippen LogP contribution in [-0.4, -0.2) is 10.1 Å². The van der Waals surface area contributed by atoms with Gasteiger partial charge in [-0.3, -0.25) is 0 Å². The van der Waals surface area contributed by atoms with Crippen LogP contribution in [0, 0.1) is 0 Å². The van der Waals surface area contributed by atoms with E-state index in [1.807, 2.05) is 0 Å². The molecule has 0 saturated carbocycles. The molecule has 0 aromatic carbocycles. The number of hydrogen-bond donors (Lipinski definition) is 2. The van der Waals surface area contributed by atoms with Crippen LogP contribution < -0.4 is 5.73 Å². The largest absolute Gasteiger partial charge is 0.418 e. The molecule has 0 aliphatic heterocycles. The van der Waals surface area contributed by atoms with E-state index in [0.29, 0.717) is 6.07 Å². The first-order chi connectivity index (χ1) is 7.27. The number of nitrogens with zero attached hydrogens (tertiary/aromatic N) is 1. The molecular weight excluding hydrogens is 235 g/mol. The maximum Gasteiger partial charge on any atom is 0.418 e. The van der Waals surface area contributed by atoms with Crippen LogP contribution in [0.25, 0.3) is 0 Å². The van der Waals surface area contributed by atoms with Crippen LogP contribution >= 0.6 is 0 Å². The first-order valence-electron chi connectivity index (χ1n) is 4.03. The summed E-state index contributed by atoms with van der Waals surface area (Å²) >= 11 is 0. The normalized spacial score (nSPS) is 12.2. The molecule has 16 heavy (non-hydrogen) atoms. The molecule has 0 radical (unpaired) electrons. The second-order valence-corrected chi connectivity index (χ2v) is 2.91. The van der Waals surface area contributed by atoms with Crippen molar-refractivity contribution in [3.63, 3.8) is 0 Å². The van der Waals surface area contributed by atoms with Gasteiger partial charge in [0.25, 0.3) is 6.43 Å². The number of nitrogens with two attached hydrogens (primary N) is 1. The van der Waals surface area contributed by atoms with Gasteiger partial charge in [-0.15, -0.1) is 0 Å². The number of aliphatic hydroxyl groups excluding tert-OH is 1. The van der Waals surface area contributed by atoms with Crippen molar-refractivity contribution in [2.75, 3.05) is 5.73 Å². The van der Waals surface area contributed by atoms with Crippen LogP contribution in [0.5, 0.6) is 0 Å². The summed E-state index contributed by atoms with van der Waals surface area (Å²) in [6.07, 6.45) is -7.88. The number of aliphatic hydroxyl groups is 1. The van der Waals surface area contributed by atoms with Gasteiger partial charge in [0, 0.05) is 0 Å². The lowest BCUT2D eigenvalue weighted by atomic mass is 10.1. The number of aromatic nitrogens is 1. The fourth-order valence-corrected chi connectivity index (χ4v) is 1.12. The lowest BCUT2D eigenvalue weighted by molar-refractivity contribution is -0.139. The maximum absolute atomic E-state index is 12.4. The first-order valence-corrected chi connectivity index (χ1v) is 4.03. The fourth-order valence-electron chi connectivity index (χ4n) is 1.12. The average molecular weight is 242 g/mol. The van der Waals surface area contributed by atoms with Crippen molar-refractivity contribution in [3.8, 4) is 0 Å². The highest BCUT2D eigenvalue weighted by Gasteiger charge is 2.35. The van der Waals surface area contributed by atoms with Crippen molar-refractivity contribution >= 4 is 5.69 Å². The van der Waals surface area contributed by atoms with Gasteiger partial charge in [0.05, 0.1) is 23.6 Å². The summed E-state index contributed by atoms with van der Waals surface area (Å²) in [7, 11) is 0. The summed E-state index contributed by atoms with van der Waals surface area (Å²) < 4.78 is 61.6. The average Bonchev–Trinajstić information content (AvgIpc) is 2.15. The summed E-state index contributed by atoms with van der Waals surface area (Å²) in [4.78, 5) is 3.01. The van der Waals surface area contributed by atoms with Crippen molar-refractivity contribution in [1.82, 2.24) is 4.98 Å². The molecule has 1 aromatic heterocycles. The maximum atomic E-state index is 12.4. The predicted octanol–water partition coefficient (Wildman–Crippen LogP) is 2.11. The molecule has 0 bridgehead atoms. The minimum absolute atomic E-state index is 0.347. The molecule has 0 saturated heterocycles. The standard InChI is InChI=1S/C8H7F5N2O/c9-7(10)6-4(14)1-3(8(11,12)13)5(2-16)15-6/h1,7,16H,2,14H2. The van der Waals surface area contributed by atoms with Crippen molar-refractivity contribution in [1.29, 1.82) is 0 Å². The number of hydrogen-bond acceptors (Lipinski definition) is 3. The SMILES string of the molecule is Nc1cc(C(F)(F)F)c(CO)nc1C(F)F. The fraction of sp³-hybridized carbons (Fsp3) is 0.375. The number of rotatable bonds is 2. The number of alkyl halides is 5. The van der Waals surface area contributed by atoms with Crippen molar-refractivity contribution in [2.24, 2.45) is 0 Å². The number of pyridine rings is 1. The van der Waals surface area contributed by atoms with E-state index >= 15 is 0 Å². The summed E-state index contributed by atoms with van der Waals surface area (Å²) in [5, 5.41) is 8.63. The van der Waals surface area contributed by atoms with Crippen LogP contribution in [0.4, 0.5) is 27.6 Å². The van der Waals surface area contributed by atoms with E-state index in [-0.39, 0.29) is 0 Å². The second-order valence-electron chi connectivity index (χ2n) is 2.91. The molecule has 1 heterocycles. The minimum atomic E-state index is -4.79. The van der Waals surface area contributed by atoms with Crippen LogP contribution in [-0.2, 0) is 12.8 Å². The third-order valence-corrected chi connectivity index (χ3v) is 1.82. The molecule has 3 nitrogen and oxygen atoms in total. The zero-order chi connectivity index (χ0) is 12.5. The number of nitrogen functional groups attached to an aromatic ring is 1. The Bertz CT molecular complexity index is 391. The third kappa shape index (κ3) is 2.38. The first kappa shape index (κ1) is 12.6. The van der Waals surface area contributed by atoms with E-state index in [0.717, 1.165) is 0 Å². The van der Waals surface area contributed by atoms with E-state index in [2.05, 4.69) is 4.98 Å². The highest BCUT2D eigenvalue weighted by atomic mass is 19.4. The van der Waals surface area contributed by atoms with Crippen molar-refractivity contribution < 1.29 is 27.1 Å².